The fraction of sp³-hybridized carbons (Fsp3) is 0.933. The molecule has 1 aliphatic rings. The van der Waals surface area contributed by atoms with E-state index in [-0.39, 0.29) is 23.8 Å². The lowest BCUT2D eigenvalue weighted by Crippen LogP contribution is -2.28. The van der Waals surface area contributed by atoms with Crippen molar-refractivity contribution >= 4 is 11.9 Å². The summed E-state index contributed by atoms with van der Waals surface area (Å²) < 4.78 is 11.0. The molecule has 1 fully saturated rings. The van der Waals surface area contributed by atoms with Crippen LogP contribution in [0, 0.1) is 23.7 Å². The van der Waals surface area contributed by atoms with Crippen LogP contribution >= 0.6 is 0 Å². The van der Waals surface area contributed by atoms with Gasteiger partial charge in [-0.15, -0.1) is 0 Å². The highest BCUT2D eigenvalue weighted by Crippen LogP contribution is 2.30. The third-order valence-corrected chi connectivity index (χ3v) is 7.23. The standard InChI is InChI=1S/C30H56O4/c1-25(2)17-13-9-6-5-7-11-15-23-33-29(31)27-19-21-28(22-20-27)30(32)34-24-16-12-8-10-14-18-26(3)4/h25-28H,5-24H2,1-4H3. The number of hydrogen-bond donors (Lipinski definition) is 0. The van der Waals surface area contributed by atoms with Gasteiger partial charge in [-0.1, -0.05) is 105 Å². The molecule has 0 atom stereocenters. The number of carbonyl (C=O) groups excluding carboxylic acids is 2. The molecule has 1 aliphatic carbocycles. The monoisotopic (exact) mass is 480 g/mol. The predicted molar refractivity (Wildman–Crippen MR) is 142 cm³/mol. The van der Waals surface area contributed by atoms with Crippen molar-refractivity contribution in [3.8, 4) is 0 Å². The van der Waals surface area contributed by atoms with Crippen LogP contribution in [0.3, 0.4) is 0 Å². The molecular formula is C30H56O4. The number of hydrogen-bond acceptors (Lipinski definition) is 4. The number of unbranched alkanes of at least 4 members (excludes halogenated alkanes) is 10. The second-order valence-corrected chi connectivity index (χ2v) is 11.5. The molecule has 0 bridgehead atoms. The van der Waals surface area contributed by atoms with Gasteiger partial charge in [-0.2, -0.15) is 0 Å². The molecule has 0 aromatic rings. The van der Waals surface area contributed by atoms with Crippen LogP contribution in [0.5, 0.6) is 0 Å². The van der Waals surface area contributed by atoms with Crippen molar-refractivity contribution in [1.29, 1.82) is 0 Å². The number of carbonyl (C=O) groups is 2. The zero-order valence-corrected chi connectivity index (χ0v) is 23.1. The Balaban J connectivity index is 1.97. The minimum Gasteiger partial charge on any atom is -0.465 e. The Labute approximate surface area is 211 Å². The molecule has 34 heavy (non-hydrogen) atoms. The fourth-order valence-electron chi connectivity index (χ4n) is 4.87. The topological polar surface area (TPSA) is 52.6 Å². The summed E-state index contributed by atoms with van der Waals surface area (Å²) in [5.41, 5.74) is 0. The molecule has 0 heterocycles. The molecule has 0 spiro atoms. The van der Waals surface area contributed by atoms with E-state index in [0.29, 0.717) is 13.2 Å². The van der Waals surface area contributed by atoms with Crippen molar-refractivity contribution in [3.63, 3.8) is 0 Å². The molecule has 0 amide bonds. The summed E-state index contributed by atoms with van der Waals surface area (Å²) in [7, 11) is 0. The van der Waals surface area contributed by atoms with E-state index in [1.54, 1.807) is 0 Å². The first-order valence-electron chi connectivity index (χ1n) is 14.7. The lowest BCUT2D eigenvalue weighted by atomic mass is 9.82. The van der Waals surface area contributed by atoms with Crippen molar-refractivity contribution in [2.45, 2.75) is 143 Å². The molecule has 1 rings (SSSR count). The van der Waals surface area contributed by atoms with E-state index < -0.39 is 0 Å². The van der Waals surface area contributed by atoms with E-state index in [1.807, 2.05) is 0 Å². The Hall–Kier alpha value is -1.06. The summed E-state index contributed by atoms with van der Waals surface area (Å²) in [6.07, 6.45) is 20.3. The quantitative estimate of drug-likeness (QED) is 0.129. The van der Waals surface area contributed by atoms with Crippen molar-refractivity contribution in [3.05, 3.63) is 0 Å². The maximum absolute atomic E-state index is 12.4. The molecule has 0 unspecified atom stereocenters. The molecule has 1 saturated carbocycles. The Morgan fingerprint density at radius 1 is 0.529 bits per heavy atom. The molecule has 0 N–H and O–H groups in total. The summed E-state index contributed by atoms with van der Waals surface area (Å²) in [5, 5.41) is 0. The number of esters is 2. The fourth-order valence-corrected chi connectivity index (χ4v) is 4.87. The van der Waals surface area contributed by atoms with Gasteiger partial charge in [0.05, 0.1) is 25.0 Å². The molecule has 0 aliphatic heterocycles. The maximum atomic E-state index is 12.4. The van der Waals surface area contributed by atoms with E-state index in [9.17, 15) is 9.59 Å². The van der Waals surface area contributed by atoms with Crippen LogP contribution in [0.25, 0.3) is 0 Å². The SMILES string of the molecule is CC(C)CCCCCCCCCOC(=O)C1CCC(C(=O)OCCCCCCCC(C)C)CC1. The second-order valence-electron chi connectivity index (χ2n) is 11.5. The van der Waals surface area contributed by atoms with Crippen molar-refractivity contribution in [2.24, 2.45) is 23.7 Å². The minimum absolute atomic E-state index is 0.0316. The highest BCUT2D eigenvalue weighted by Gasteiger charge is 2.31. The van der Waals surface area contributed by atoms with Gasteiger partial charge in [0.2, 0.25) is 0 Å². The van der Waals surface area contributed by atoms with Crippen LogP contribution in [0.1, 0.15) is 143 Å². The zero-order chi connectivity index (χ0) is 25.0. The third-order valence-electron chi connectivity index (χ3n) is 7.23. The van der Waals surface area contributed by atoms with Crippen molar-refractivity contribution in [2.75, 3.05) is 13.2 Å². The van der Waals surface area contributed by atoms with Gasteiger partial charge in [-0.25, -0.2) is 0 Å². The lowest BCUT2D eigenvalue weighted by Gasteiger charge is -2.26. The largest absolute Gasteiger partial charge is 0.465 e. The molecule has 0 saturated heterocycles. The summed E-state index contributed by atoms with van der Waals surface area (Å²) in [5.74, 6) is 1.43. The molecule has 4 heteroatoms. The van der Waals surface area contributed by atoms with Crippen LogP contribution in [-0.2, 0) is 19.1 Å². The highest BCUT2D eigenvalue weighted by molar-refractivity contribution is 5.75. The first kappa shape index (κ1) is 31.0. The van der Waals surface area contributed by atoms with Crippen LogP contribution in [0.2, 0.25) is 0 Å². The van der Waals surface area contributed by atoms with E-state index in [4.69, 9.17) is 9.47 Å². The second kappa shape index (κ2) is 20.2. The smallest absolute Gasteiger partial charge is 0.308 e. The van der Waals surface area contributed by atoms with Gasteiger partial charge in [-0.3, -0.25) is 9.59 Å². The lowest BCUT2D eigenvalue weighted by molar-refractivity contribution is -0.155. The molecule has 0 aromatic heterocycles. The van der Waals surface area contributed by atoms with Crippen LogP contribution in [0.4, 0.5) is 0 Å². The first-order chi connectivity index (χ1) is 16.4. The summed E-state index contributed by atoms with van der Waals surface area (Å²) in [6, 6.07) is 0. The molecule has 0 radical (unpaired) electrons. The van der Waals surface area contributed by atoms with E-state index in [1.165, 1.54) is 64.2 Å². The van der Waals surface area contributed by atoms with Crippen molar-refractivity contribution < 1.29 is 19.1 Å². The first-order valence-corrected chi connectivity index (χ1v) is 14.7. The van der Waals surface area contributed by atoms with Gasteiger partial charge in [0.25, 0.3) is 0 Å². The molecule has 200 valence electrons. The minimum atomic E-state index is -0.0594. The van der Waals surface area contributed by atoms with E-state index >= 15 is 0 Å². The Bertz CT molecular complexity index is 506. The summed E-state index contributed by atoms with van der Waals surface area (Å²) >= 11 is 0. The van der Waals surface area contributed by atoms with Crippen molar-refractivity contribution in [1.82, 2.24) is 0 Å². The average molecular weight is 481 g/mol. The van der Waals surface area contributed by atoms with Crippen LogP contribution in [-0.4, -0.2) is 25.2 Å². The average Bonchev–Trinajstić information content (AvgIpc) is 2.81. The van der Waals surface area contributed by atoms with Crippen LogP contribution in [0.15, 0.2) is 0 Å². The zero-order valence-electron chi connectivity index (χ0n) is 23.1. The Morgan fingerprint density at radius 2 is 0.824 bits per heavy atom. The Morgan fingerprint density at radius 3 is 1.15 bits per heavy atom. The predicted octanol–water partition coefficient (Wildman–Crippen LogP) is 8.65. The molecular weight excluding hydrogens is 424 g/mol. The summed E-state index contributed by atoms with van der Waals surface area (Å²) in [4.78, 5) is 24.7. The van der Waals surface area contributed by atoms with E-state index in [2.05, 4.69) is 27.7 Å². The molecule has 4 nitrogen and oxygen atoms in total. The third kappa shape index (κ3) is 16.5. The van der Waals surface area contributed by atoms with Gasteiger partial charge >= 0.3 is 11.9 Å². The van der Waals surface area contributed by atoms with Crippen LogP contribution < -0.4 is 0 Å². The Kier molecular flexibility index (Phi) is 18.4. The van der Waals surface area contributed by atoms with Gasteiger partial charge in [0.1, 0.15) is 0 Å². The normalized spacial score (nSPS) is 18.4. The maximum Gasteiger partial charge on any atom is 0.308 e. The number of rotatable bonds is 20. The number of ether oxygens (including phenoxy) is 2. The summed E-state index contributed by atoms with van der Waals surface area (Å²) in [6.45, 7) is 10.2. The van der Waals surface area contributed by atoms with E-state index in [0.717, 1.165) is 63.2 Å². The van der Waals surface area contributed by atoms with Gasteiger partial charge in [0.15, 0.2) is 0 Å². The van der Waals surface area contributed by atoms with Gasteiger partial charge in [0, 0.05) is 0 Å². The highest BCUT2D eigenvalue weighted by atomic mass is 16.5. The molecule has 0 aromatic carbocycles. The van der Waals surface area contributed by atoms with Gasteiger partial charge in [-0.05, 0) is 50.4 Å². The van der Waals surface area contributed by atoms with Gasteiger partial charge < -0.3 is 9.47 Å².